The van der Waals surface area contributed by atoms with Crippen LogP contribution in [0.1, 0.15) is 13.8 Å². The first-order valence-electron chi connectivity index (χ1n) is 9.02. The Morgan fingerprint density at radius 3 is 1.86 bits per heavy atom. The maximum Gasteiger partial charge on any atom is 0.407 e. The molecular formula is C20H23F3N2O3S. The highest BCUT2D eigenvalue weighted by molar-refractivity contribution is 7.88. The van der Waals surface area contributed by atoms with E-state index in [1.54, 1.807) is 4.57 Å². The number of rotatable bonds is 6. The number of para-hydroxylation sites is 2. The van der Waals surface area contributed by atoms with Gasteiger partial charge in [0.1, 0.15) is 5.54 Å². The minimum absolute atomic E-state index is 0.0476. The van der Waals surface area contributed by atoms with Crippen LogP contribution < -0.4 is 0 Å². The quantitative estimate of drug-likeness (QED) is 0.650. The van der Waals surface area contributed by atoms with Crippen molar-refractivity contribution in [1.82, 2.24) is 8.87 Å². The van der Waals surface area contributed by atoms with Gasteiger partial charge in [0.25, 0.3) is 0 Å². The molecule has 3 rings (SSSR count). The monoisotopic (exact) mass is 428 g/mol. The highest BCUT2D eigenvalue weighted by atomic mass is 32.2. The van der Waals surface area contributed by atoms with Crippen LogP contribution in [0.25, 0.3) is 21.8 Å². The van der Waals surface area contributed by atoms with E-state index in [0.29, 0.717) is 10.6 Å². The Kier molecular flexibility index (Phi) is 5.44. The van der Waals surface area contributed by atoms with Crippen molar-refractivity contribution in [2.45, 2.75) is 38.2 Å². The van der Waals surface area contributed by atoms with Crippen LogP contribution in [0.4, 0.5) is 13.2 Å². The first-order chi connectivity index (χ1) is 13.3. The third kappa shape index (κ3) is 3.99. The van der Waals surface area contributed by atoms with Gasteiger partial charge in [0.05, 0.1) is 18.9 Å². The lowest BCUT2D eigenvalue weighted by molar-refractivity contribution is -0.207. The maximum absolute atomic E-state index is 13.5. The first kappa shape index (κ1) is 21.6. The molecule has 0 amide bonds. The van der Waals surface area contributed by atoms with Crippen molar-refractivity contribution < 1.29 is 26.7 Å². The summed E-state index contributed by atoms with van der Waals surface area (Å²) in [5, 5.41) is 12.5. The van der Waals surface area contributed by atoms with Gasteiger partial charge in [-0.3, -0.25) is 0 Å². The second kappa shape index (κ2) is 7.30. The summed E-state index contributed by atoms with van der Waals surface area (Å²) in [5.74, 6) is 0. The van der Waals surface area contributed by atoms with Gasteiger partial charge in [0.15, 0.2) is 0 Å². The number of hydrogen-bond donors (Lipinski definition) is 1. The fraction of sp³-hybridized carbons (Fsp3) is 0.400. The molecule has 0 radical (unpaired) electrons. The van der Waals surface area contributed by atoms with E-state index in [-0.39, 0.29) is 6.54 Å². The van der Waals surface area contributed by atoms with Crippen LogP contribution in [0, 0.1) is 0 Å². The summed E-state index contributed by atoms with van der Waals surface area (Å²) in [7, 11) is -4.22. The molecule has 1 aromatic heterocycles. The minimum atomic E-state index is -4.79. The molecule has 9 heteroatoms. The summed E-state index contributed by atoms with van der Waals surface area (Å²) in [6.07, 6.45) is -5.42. The average Bonchev–Trinajstić information content (AvgIpc) is 2.92. The van der Waals surface area contributed by atoms with Crippen molar-refractivity contribution in [3.63, 3.8) is 0 Å². The number of sulfonamides is 1. The van der Waals surface area contributed by atoms with E-state index in [0.717, 1.165) is 35.7 Å². The smallest absolute Gasteiger partial charge is 0.390 e. The van der Waals surface area contributed by atoms with Gasteiger partial charge in [-0.25, -0.2) is 8.42 Å². The van der Waals surface area contributed by atoms with Crippen molar-refractivity contribution in [1.29, 1.82) is 0 Å². The van der Waals surface area contributed by atoms with Crippen molar-refractivity contribution in [3.05, 3.63) is 48.5 Å². The Balaban J connectivity index is 1.98. The number of alkyl halides is 3. The summed E-state index contributed by atoms with van der Waals surface area (Å²) in [4.78, 5) is 0. The van der Waals surface area contributed by atoms with Gasteiger partial charge in [0, 0.05) is 28.4 Å². The zero-order valence-electron chi connectivity index (χ0n) is 16.3. The zero-order valence-corrected chi connectivity index (χ0v) is 17.1. The number of benzene rings is 2. The van der Waals surface area contributed by atoms with Gasteiger partial charge in [-0.15, -0.1) is 0 Å². The van der Waals surface area contributed by atoms with E-state index >= 15 is 0 Å². The molecule has 0 fully saturated rings. The maximum atomic E-state index is 13.5. The topological polar surface area (TPSA) is 62.5 Å². The Morgan fingerprint density at radius 1 is 1.00 bits per heavy atom. The molecule has 158 valence electrons. The molecule has 1 heterocycles. The predicted molar refractivity (Wildman–Crippen MR) is 107 cm³/mol. The number of aromatic nitrogens is 1. The van der Waals surface area contributed by atoms with Crippen LogP contribution in [0.5, 0.6) is 0 Å². The Bertz CT molecular complexity index is 1080. The molecule has 2 aromatic carbocycles. The predicted octanol–water partition coefficient (Wildman–Crippen LogP) is 3.76. The summed E-state index contributed by atoms with van der Waals surface area (Å²) >= 11 is 0. The van der Waals surface area contributed by atoms with E-state index < -0.39 is 34.4 Å². The average molecular weight is 428 g/mol. The van der Waals surface area contributed by atoms with Gasteiger partial charge in [0.2, 0.25) is 10.0 Å². The lowest BCUT2D eigenvalue weighted by Crippen LogP contribution is -2.58. The van der Waals surface area contributed by atoms with Crippen molar-refractivity contribution in [2.75, 3.05) is 12.8 Å². The van der Waals surface area contributed by atoms with Crippen LogP contribution in [0.15, 0.2) is 48.5 Å². The van der Waals surface area contributed by atoms with Crippen LogP contribution in [-0.2, 0) is 16.6 Å². The number of hydrogen-bond acceptors (Lipinski definition) is 3. The summed E-state index contributed by atoms with van der Waals surface area (Å²) in [5.41, 5.74) is -1.02. The van der Waals surface area contributed by atoms with E-state index in [1.165, 1.54) is 0 Å². The second-order valence-electron chi connectivity index (χ2n) is 7.65. The van der Waals surface area contributed by atoms with E-state index in [4.69, 9.17) is 0 Å². The normalized spacial score (nSPS) is 14.8. The Morgan fingerprint density at radius 2 is 1.45 bits per heavy atom. The lowest BCUT2D eigenvalue weighted by Gasteiger charge is -2.38. The molecule has 0 saturated carbocycles. The summed E-state index contributed by atoms with van der Waals surface area (Å²) in [6.45, 7) is 0.864. The van der Waals surface area contributed by atoms with Gasteiger partial charge in [-0.1, -0.05) is 36.4 Å². The molecule has 5 nitrogen and oxygen atoms in total. The largest absolute Gasteiger partial charge is 0.407 e. The molecular weight excluding hydrogens is 405 g/mol. The van der Waals surface area contributed by atoms with Gasteiger partial charge >= 0.3 is 6.18 Å². The second-order valence-corrected chi connectivity index (χ2v) is 9.56. The highest BCUT2D eigenvalue weighted by Gasteiger charge is 2.54. The fourth-order valence-electron chi connectivity index (χ4n) is 3.58. The number of halogens is 3. The molecule has 1 N–H and O–H groups in total. The number of aliphatic hydroxyl groups excluding tert-OH is 1. The van der Waals surface area contributed by atoms with E-state index in [1.807, 2.05) is 48.5 Å². The molecule has 3 aromatic rings. The molecule has 0 aliphatic rings. The highest BCUT2D eigenvalue weighted by Crippen LogP contribution is 2.37. The molecule has 0 aliphatic carbocycles. The van der Waals surface area contributed by atoms with Gasteiger partial charge < -0.3 is 9.67 Å². The molecule has 1 unspecified atom stereocenters. The SMILES string of the molecule is CC(C)(N(CC(O)Cn1c2ccccc2c2ccccc21)S(C)(=O)=O)C(F)(F)F. The molecule has 29 heavy (non-hydrogen) atoms. The molecule has 1 atom stereocenters. The Hall–Kier alpha value is -2.10. The third-order valence-electron chi connectivity index (χ3n) is 5.17. The fourth-order valence-corrected chi connectivity index (χ4v) is 4.95. The van der Waals surface area contributed by atoms with E-state index in [2.05, 4.69) is 0 Å². The standard InChI is InChI=1S/C20H23F3N2O3S/c1-19(2,20(21,22)23)25(29(3,27)28)13-14(26)12-24-17-10-6-4-8-15(17)16-9-5-7-11-18(16)24/h4-11,14,26H,12-13H2,1-3H3. The van der Waals surface area contributed by atoms with Crippen molar-refractivity contribution >= 4 is 31.8 Å². The minimum Gasteiger partial charge on any atom is -0.390 e. The van der Waals surface area contributed by atoms with Crippen LogP contribution >= 0.6 is 0 Å². The van der Waals surface area contributed by atoms with E-state index in [9.17, 15) is 26.7 Å². The van der Waals surface area contributed by atoms with Crippen molar-refractivity contribution in [2.24, 2.45) is 0 Å². The lowest BCUT2D eigenvalue weighted by atomic mass is 10.0. The van der Waals surface area contributed by atoms with Crippen LogP contribution in [-0.4, -0.2) is 53.0 Å². The number of nitrogens with zero attached hydrogens (tertiary/aromatic N) is 2. The third-order valence-corrected chi connectivity index (χ3v) is 6.57. The number of fused-ring (bicyclic) bond motifs is 3. The van der Waals surface area contributed by atoms with Gasteiger partial charge in [-0.05, 0) is 26.0 Å². The summed E-state index contributed by atoms with van der Waals surface area (Å²) in [6, 6.07) is 15.0. The molecule has 0 saturated heterocycles. The summed E-state index contributed by atoms with van der Waals surface area (Å²) < 4.78 is 66.7. The molecule has 0 bridgehead atoms. The van der Waals surface area contributed by atoms with Crippen molar-refractivity contribution in [3.8, 4) is 0 Å². The van der Waals surface area contributed by atoms with Crippen LogP contribution in [0.3, 0.4) is 0 Å². The van der Waals surface area contributed by atoms with Gasteiger partial charge in [-0.2, -0.15) is 17.5 Å². The number of aliphatic hydroxyl groups is 1. The van der Waals surface area contributed by atoms with Crippen LogP contribution in [0.2, 0.25) is 0 Å². The Labute approximate surface area is 167 Å². The molecule has 0 spiro atoms. The zero-order chi connectivity index (χ0) is 21.6. The number of β-amino-alcohol motifs (C(OH)–C–C–N with tert-alkyl or cyclic N) is 1. The molecule has 0 aliphatic heterocycles. The first-order valence-corrected chi connectivity index (χ1v) is 10.9.